The van der Waals surface area contributed by atoms with Crippen LogP contribution in [-0.4, -0.2) is 45.5 Å². The van der Waals surface area contributed by atoms with Crippen LogP contribution in [0.25, 0.3) is 10.8 Å². The first-order valence-electron chi connectivity index (χ1n) is 8.86. The molecule has 0 unspecified atom stereocenters. The van der Waals surface area contributed by atoms with E-state index in [0.29, 0.717) is 30.3 Å². The molecule has 0 bridgehead atoms. The zero-order valence-corrected chi connectivity index (χ0v) is 16.4. The van der Waals surface area contributed by atoms with E-state index in [2.05, 4.69) is 11.9 Å². The fourth-order valence-electron chi connectivity index (χ4n) is 2.49. The second-order valence-corrected chi connectivity index (χ2v) is 6.14. The van der Waals surface area contributed by atoms with Crippen LogP contribution in [0.5, 0.6) is 11.5 Å². The molecular weight excluding hydrogens is 362 g/mol. The van der Waals surface area contributed by atoms with Crippen molar-refractivity contribution in [2.75, 3.05) is 33.5 Å². The second kappa shape index (κ2) is 10.3. The topological polar surface area (TPSA) is 83.1 Å². The highest BCUT2D eigenvalue weighted by molar-refractivity contribution is 5.96. The van der Waals surface area contributed by atoms with Crippen LogP contribution in [0.1, 0.15) is 12.5 Å². The van der Waals surface area contributed by atoms with Gasteiger partial charge >= 0.3 is 12.1 Å². The van der Waals surface area contributed by atoms with Crippen molar-refractivity contribution in [2.45, 2.75) is 13.8 Å². The molecule has 0 spiro atoms. The van der Waals surface area contributed by atoms with Crippen molar-refractivity contribution in [3.05, 3.63) is 48.0 Å². The second-order valence-electron chi connectivity index (χ2n) is 6.14. The Morgan fingerprint density at radius 2 is 1.82 bits per heavy atom. The number of hydrogen-bond donors (Lipinski definition) is 1. The molecule has 2 rings (SSSR count). The lowest BCUT2D eigenvalue weighted by molar-refractivity contribution is -0.138. The minimum Gasteiger partial charge on any atom is -0.491 e. The minimum atomic E-state index is -0.632. The molecule has 0 aliphatic rings. The van der Waals surface area contributed by atoms with Crippen LogP contribution < -0.4 is 14.8 Å². The first kappa shape index (κ1) is 21.2. The Balaban J connectivity index is 2.07. The first-order chi connectivity index (χ1) is 13.4. The van der Waals surface area contributed by atoms with E-state index >= 15 is 0 Å². The molecule has 0 radical (unpaired) electrons. The van der Waals surface area contributed by atoms with E-state index in [1.165, 1.54) is 0 Å². The van der Waals surface area contributed by atoms with Crippen molar-refractivity contribution in [1.82, 2.24) is 5.32 Å². The summed E-state index contributed by atoms with van der Waals surface area (Å²) in [7, 11) is 1.61. The Morgan fingerprint density at radius 3 is 2.50 bits per heavy atom. The van der Waals surface area contributed by atoms with Crippen LogP contribution in [0.2, 0.25) is 0 Å². The van der Waals surface area contributed by atoms with Gasteiger partial charge in [-0.05, 0) is 25.5 Å². The summed E-state index contributed by atoms with van der Waals surface area (Å²) in [5, 5.41) is 4.16. The number of hydrogen-bond acceptors (Lipinski definition) is 6. The lowest BCUT2D eigenvalue weighted by Crippen LogP contribution is -2.31. The molecule has 1 amide bonds. The van der Waals surface area contributed by atoms with Crippen molar-refractivity contribution in [3.8, 4) is 11.5 Å². The number of amides is 1. The lowest BCUT2D eigenvalue weighted by atomic mass is 10.0. The largest absolute Gasteiger partial charge is 0.491 e. The first-order valence-corrected chi connectivity index (χ1v) is 8.86. The van der Waals surface area contributed by atoms with Gasteiger partial charge in [0, 0.05) is 23.5 Å². The fraction of sp³-hybridized carbons (Fsp3) is 0.333. The quantitative estimate of drug-likeness (QED) is 0.403. The summed E-state index contributed by atoms with van der Waals surface area (Å²) >= 11 is 0. The zero-order chi connectivity index (χ0) is 20.5. The van der Waals surface area contributed by atoms with Gasteiger partial charge in [0.25, 0.3) is 0 Å². The highest BCUT2D eigenvalue weighted by Gasteiger charge is 2.15. The van der Waals surface area contributed by atoms with E-state index in [4.69, 9.17) is 18.9 Å². The summed E-state index contributed by atoms with van der Waals surface area (Å²) < 4.78 is 21.2. The van der Waals surface area contributed by atoms with Crippen molar-refractivity contribution in [1.29, 1.82) is 0 Å². The van der Waals surface area contributed by atoms with Crippen LogP contribution >= 0.6 is 0 Å². The number of nitrogens with one attached hydrogen (secondary N) is 1. The fourth-order valence-corrected chi connectivity index (χ4v) is 2.49. The smallest absolute Gasteiger partial charge is 0.412 e. The molecule has 0 aliphatic carbocycles. The van der Waals surface area contributed by atoms with Crippen LogP contribution in [0.3, 0.4) is 0 Å². The van der Waals surface area contributed by atoms with Crippen molar-refractivity contribution in [3.63, 3.8) is 0 Å². The van der Waals surface area contributed by atoms with Gasteiger partial charge in [0.2, 0.25) is 0 Å². The van der Waals surface area contributed by atoms with E-state index in [0.717, 1.165) is 16.3 Å². The number of rotatable bonds is 9. The Bertz CT molecular complexity index is 861. The maximum absolute atomic E-state index is 12.1. The summed E-state index contributed by atoms with van der Waals surface area (Å²) in [4.78, 5) is 23.5. The summed E-state index contributed by atoms with van der Waals surface area (Å²) in [5.41, 5.74) is 1.06. The molecule has 0 aliphatic heterocycles. The Hall–Kier alpha value is -3.06. The molecule has 0 heterocycles. The number of esters is 1. The molecular formula is C21H25NO6. The molecule has 0 atom stereocenters. The number of methoxy groups -OCH3 is 1. The van der Waals surface area contributed by atoms with Gasteiger partial charge < -0.3 is 24.3 Å². The average Bonchev–Trinajstić information content (AvgIpc) is 2.68. The molecule has 0 aromatic heterocycles. The number of ether oxygens (including phenoxy) is 4. The van der Waals surface area contributed by atoms with Gasteiger partial charge in [-0.3, -0.25) is 0 Å². The summed E-state index contributed by atoms with van der Waals surface area (Å²) in [5.74, 6) is 0.650. The van der Waals surface area contributed by atoms with Crippen molar-refractivity contribution < 1.29 is 28.5 Å². The van der Waals surface area contributed by atoms with E-state index in [1.807, 2.05) is 37.3 Å². The monoisotopic (exact) mass is 387 g/mol. The van der Waals surface area contributed by atoms with Crippen LogP contribution in [-0.2, 0) is 14.3 Å². The zero-order valence-electron chi connectivity index (χ0n) is 16.4. The average molecular weight is 387 g/mol. The van der Waals surface area contributed by atoms with Gasteiger partial charge in [0.1, 0.15) is 24.7 Å². The normalized spacial score (nSPS) is 10.4. The minimum absolute atomic E-state index is 0.0345. The predicted molar refractivity (Wildman–Crippen MR) is 106 cm³/mol. The van der Waals surface area contributed by atoms with Gasteiger partial charge in [-0.1, -0.05) is 30.8 Å². The molecule has 1 N–H and O–H groups in total. The lowest BCUT2D eigenvalue weighted by Gasteiger charge is -2.15. The number of fused-ring (bicyclic) bond motifs is 1. The molecule has 2 aromatic carbocycles. The Labute approximate surface area is 164 Å². The van der Waals surface area contributed by atoms with E-state index < -0.39 is 12.1 Å². The highest BCUT2D eigenvalue weighted by Crippen LogP contribution is 2.36. The van der Waals surface area contributed by atoms with Gasteiger partial charge in [0.05, 0.1) is 13.2 Å². The maximum Gasteiger partial charge on any atom is 0.412 e. The number of aryl methyl sites for hydroxylation is 1. The molecule has 0 fully saturated rings. The van der Waals surface area contributed by atoms with E-state index in [1.54, 1.807) is 14.0 Å². The standard InChI is InChI=1S/C21H25NO6/c1-14(2)20(23)27-10-9-22-21(24)28-19-15(3)13-18(26-12-11-25-4)16-7-5-6-8-17(16)19/h5-8,13H,1,9-12H2,2-4H3,(H,22,24). The molecule has 150 valence electrons. The van der Waals surface area contributed by atoms with Crippen molar-refractivity contribution >= 4 is 22.8 Å². The third-order valence-corrected chi connectivity index (χ3v) is 3.84. The Kier molecular flexibility index (Phi) is 7.83. The molecule has 7 nitrogen and oxygen atoms in total. The third kappa shape index (κ3) is 5.72. The number of carbonyl (C=O) groups is 2. The predicted octanol–water partition coefficient (Wildman–Crippen LogP) is 3.38. The van der Waals surface area contributed by atoms with Gasteiger partial charge in [0.15, 0.2) is 0 Å². The number of carbonyl (C=O) groups excluding carboxylic acids is 2. The third-order valence-electron chi connectivity index (χ3n) is 3.84. The molecule has 0 saturated heterocycles. The molecule has 28 heavy (non-hydrogen) atoms. The Morgan fingerprint density at radius 1 is 1.11 bits per heavy atom. The van der Waals surface area contributed by atoms with Crippen LogP contribution in [0.4, 0.5) is 4.79 Å². The van der Waals surface area contributed by atoms with Crippen molar-refractivity contribution in [2.24, 2.45) is 0 Å². The maximum atomic E-state index is 12.1. The highest BCUT2D eigenvalue weighted by atomic mass is 16.6. The molecule has 7 heteroatoms. The summed E-state index contributed by atoms with van der Waals surface area (Å²) in [6.07, 6.45) is -0.632. The van der Waals surface area contributed by atoms with Gasteiger partial charge in [-0.15, -0.1) is 0 Å². The molecule has 0 saturated carbocycles. The summed E-state index contributed by atoms with van der Waals surface area (Å²) in [6, 6.07) is 9.35. The van der Waals surface area contributed by atoms with Gasteiger partial charge in [-0.25, -0.2) is 9.59 Å². The number of benzene rings is 2. The van der Waals surface area contributed by atoms with Crippen LogP contribution in [0.15, 0.2) is 42.5 Å². The SMILES string of the molecule is C=C(C)C(=O)OCCNC(=O)Oc1c(C)cc(OCCOC)c2ccccc12. The van der Waals surface area contributed by atoms with Gasteiger partial charge in [-0.2, -0.15) is 0 Å². The molecule has 2 aromatic rings. The van der Waals surface area contributed by atoms with E-state index in [-0.39, 0.29) is 13.2 Å². The van der Waals surface area contributed by atoms with Crippen LogP contribution in [0, 0.1) is 6.92 Å². The summed E-state index contributed by atoms with van der Waals surface area (Å²) in [6.45, 7) is 7.95. The van der Waals surface area contributed by atoms with E-state index in [9.17, 15) is 9.59 Å².